The van der Waals surface area contributed by atoms with Crippen LogP contribution in [0.25, 0.3) is 0 Å². The summed E-state index contributed by atoms with van der Waals surface area (Å²) in [5.74, 6) is 2.91. The summed E-state index contributed by atoms with van der Waals surface area (Å²) in [5, 5.41) is 8.99. The van der Waals surface area contributed by atoms with Crippen molar-refractivity contribution >= 4 is 23.3 Å². The number of hydrogen-bond donors (Lipinski definition) is 4. The van der Waals surface area contributed by atoms with E-state index in [9.17, 15) is 14.4 Å². The second kappa shape index (κ2) is 7.22. The Morgan fingerprint density at radius 1 is 1.20 bits per heavy atom. The maximum Gasteiger partial charge on any atom is 0.307 e. The molecule has 1 rings (SSSR count). The molecule has 0 saturated carbocycles. The van der Waals surface area contributed by atoms with Crippen LogP contribution in [0.4, 0.5) is 5.69 Å². The van der Waals surface area contributed by atoms with Crippen molar-refractivity contribution in [2.24, 2.45) is 5.84 Å². The molecule has 1 aromatic rings. The second-order valence-corrected chi connectivity index (χ2v) is 3.99. The van der Waals surface area contributed by atoms with E-state index in [1.54, 1.807) is 0 Å². The lowest BCUT2D eigenvalue weighted by molar-refractivity contribution is -0.140. The Labute approximate surface area is 115 Å². The topological polar surface area (TPSA) is 139 Å². The Balaban J connectivity index is 2.59. The number of carbonyl (C=O) groups excluding carboxylic acids is 3. The zero-order chi connectivity index (χ0) is 15.1. The van der Waals surface area contributed by atoms with Gasteiger partial charge in [-0.3, -0.25) is 14.4 Å². The SMILES string of the molecule is Nc1ccc(C(=O)N(N)NC(=O)C(=O)CCCO)cc1. The Morgan fingerprint density at radius 2 is 1.80 bits per heavy atom. The van der Waals surface area contributed by atoms with E-state index in [0.717, 1.165) is 0 Å². The van der Waals surface area contributed by atoms with Gasteiger partial charge in [0.25, 0.3) is 5.91 Å². The number of nitrogens with zero attached hydrogens (tertiary/aromatic N) is 1. The highest BCUT2D eigenvalue weighted by Crippen LogP contribution is 2.06. The van der Waals surface area contributed by atoms with Crippen molar-refractivity contribution in [3.05, 3.63) is 29.8 Å². The Hall–Kier alpha value is -2.45. The molecular weight excluding hydrogens is 264 g/mol. The largest absolute Gasteiger partial charge is 0.399 e. The number of anilines is 1. The predicted molar refractivity (Wildman–Crippen MR) is 70.7 cm³/mol. The van der Waals surface area contributed by atoms with Crippen LogP contribution in [0.5, 0.6) is 0 Å². The first kappa shape index (κ1) is 15.6. The molecule has 108 valence electrons. The minimum Gasteiger partial charge on any atom is -0.399 e. The highest BCUT2D eigenvalue weighted by Gasteiger charge is 2.19. The molecule has 20 heavy (non-hydrogen) atoms. The van der Waals surface area contributed by atoms with Gasteiger partial charge in [-0.15, -0.1) is 0 Å². The summed E-state index contributed by atoms with van der Waals surface area (Å²) in [5.41, 5.74) is 8.13. The van der Waals surface area contributed by atoms with E-state index >= 15 is 0 Å². The molecule has 1 aromatic carbocycles. The van der Waals surface area contributed by atoms with Crippen LogP contribution in [0.2, 0.25) is 0 Å². The molecule has 0 spiro atoms. The summed E-state index contributed by atoms with van der Waals surface area (Å²) in [6, 6.07) is 5.90. The molecule has 0 saturated heterocycles. The predicted octanol–water partition coefficient (Wildman–Crippen LogP) is -1.04. The average molecular weight is 280 g/mol. The standard InChI is InChI=1S/C12H16N4O4/c13-9-5-3-8(4-6-9)12(20)16(14)15-11(19)10(18)2-1-7-17/h3-6,17H,1-2,7,13-14H2,(H,15,19). The Bertz CT molecular complexity index is 501. The van der Waals surface area contributed by atoms with Crippen molar-refractivity contribution in [3.63, 3.8) is 0 Å². The third-order valence-corrected chi connectivity index (χ3v) is 2.41. The maximum absolute atomic E-state index is 11.8. The number of nitrogens with one attached hydrogen (secondary N) is 1. The first-order valence-corrected chi connectivity index (χ1v) is 5.85. The fraction of sp³-hybridized carbons (Fsp3) is 0.250. The molecule has 0 aliphatic heterocycles. The maximum atomic E-state index is 11.8. The molecule has 0 fully saturated rings. The van der Waals surface area contributed by atoms with Crippen LogP contribution < -0.4 is 17.0 Å². The number of Topliss-reactive ketones (excluding diaryl/α,β-unsaturated/α-hetero) is 1. The van der Waals surface area contributed by atoms with E-state index in [-0.39, 0.29) is 25.0 Å². The number of ketones is 1. The van der Waals surface area contributed by atoms with Gasteiger partial charge in [-0.25, -0.2) is 11.3 Å². The number of benzene rings is 1. The number of nitrogens with two attached hydrogens (primary N) is 2. The van der Waals surface area contributed by atoms with Crippen molar-refractivity contribution < 1.29 is 19.5 Å². The van der Waals surface area contributed by atoms with Gasteiger partial charge in [-0.05, 0) is 30.7 Å². The van der Waals surface area contributed by atoms with Crippen molar-refractivity contribution in [1.82, 2.24) is 10.5 Å². The molecule has 6 N–H and O–H groups in total. The van der Waals surface area contributed by atoms with Crippen molar-refractivity contribution in [2.75, 3.05) is 12.3 Å². The van der Waals surface area contributed by atoms with Crippen molar-refractivity contribution in [1.29, 1.82) is 0 Å². The number of aliphatic hydroxyl groups excluding tert-OH is 1. The summed E-state index contributed by atoms with van der Waals surface area (Å²) in [6.07, 6.45) is 0.0506. The smallest absolute Gasteiger partial charge is 0.307 e. The fourth-order valence-corrected chi connectivity index (χ4v) is 1.34. The molecule has 0 aromatic heterocycles. The van der Waals surface area contributed by atoms with Gasteiger partial charge in [-0.2, -0.15) is 5.12 Å². The molecule has 0 unspecified atom stereocenters. The van der Waals surface area contributed by atoms with Crippen LogP contribution in [0, 0.1) is 0 Å². The first-order valence-electron chi connectivity index (χ1n) is 5.85. The van der Waals surface area contributed by atoms with Gasteiger partial charge in [-0.1, -0.05) is 0 Å². The van der Waals surface area contributed by atoms with E-state index < -0.39 is 17.6 Å². The lowest BCUT2D eigenvalue weighted by Crippen LogP contribution is -2.52. The van der Waals surface area contributed by atoms with Crippen LogP contribution in [-0.2, 0) is 9.59 Å². The molecule has 0 radical (unpaired) electrons. The van der Waals surface area contributed by atoms with Crippen LogP contribution in [0.1, 0.15) is 23.2 Å². The second-order valence-electron chi connectivity index (χ2n) is 3.99. The third-order valence-electron chi connectivity index (χ3n) is 2.41. The Morgan fingerprint density at radius 3 is 2.35 bits per heavy atom. The van der Waals surface area contributed by atoms with E-state index in [4.69, 9.17) is 16.7 Å². The van der Waals surface area contributed by atoms with Gasteiger partial charge >= 0.3 is 5.91 Å². The average Bonchev–Trinajstić information content (AvgIpc) is 2.44. The Kier molecular flexibility index (Phi) is 5.63. The van der Waals surface area contributed by atoms with Gasteiger partial charge in [0.1, 0.15) is 0 Å². The minimum absolute atomic E-state index is 0.119. The van der Waals surface area contributed by atoms with E-state index in [1.165, 1.54) is 24.3 Å². The third kappa shape index (κ3) is 4.34. The fourth-order valence-electron chi connectivity index (χ4n) is 1.34. The lowest BCUT2D eigenvalue weighted by atomic mass is 10.2. The summed E-state index contributed by atoms with van der Waals surface area (Å²) >= 11 is 0. The number of amides is 2. The highest BCUT2D eigenvalue weighted by molar-refractivity contribution is 6.36. The number of hydrogen-bond acceptors (Lipinski definition) is 6. The molecule has 8 heteroatoms. The van der Waals surface area contributed by atoms with Crippen LogP contribution in [0.3, 0.4) is 0 Å². The quantitative estimate of drug-likeness (QED) is 0.178. The number of hydrazine groups is 2. The van der Waals surface area contributed by atoms with Gasteiger partial charge in [0.2, 0.25) is 5.78 Å². The molecule has 0 heterocycles. The highest BCUT2D eigenvalue weighted by atomic mass is 16.3. The van der Waals surface area contributed by atoms with Crippen LogP contribution in [0.15, 0.2) is 24.3 Å². The molecule has 2 amide bonds. The summed E-state index contributed by atoms with van der Waals surface area (Å²) in [7, 11) is 0. The number of nitrogen functional groups attached to an aromatic ring is 1. The zero-order valence-electron chi connectivity index (χ0n) is 10.7. The molecule has 0 bridgehead atoms. The molecule has 0 atom stereocenters. The van der Waals surface area contributed by atoms with Crippen molar-refractivity contribution in [3.8, 4) is 0 Å². The lowest BCUT2D eigenvalue weighted by Gasteiger charge is -2.16. The first-order chi connectivity index (χ1) is 9.45. The normalized spacial score (nSPS) is 9.90. The van der Waals surface area contributed by atoms with Crippen LogP contribution >= 0.6 is 0 Å². The van der Waals surface area contributed by atoms with E-state index in [2.05, 4.69) is 0 Å². The molecule has 0 aliphatic rings. The van der Waals surface area contributed by atoms with Crippen LogP contribution in [-0.4, -0.2) is 34.4 Å². The van der Waals surface area contributed by atoms with Gasteiger partial charge in [0.05, 0.1) is 0 Å². The number of aliphatic hydroxyl groups is 1. The van der Waals surface area contributed by atoms with Crippen molar-refractivity contribution in [2.45, 2.75) is 12.8 Å². The summed E-state index contributed by atoms with van der Waals surface area (Å²) < 4.78 is 0. The summed E-state index contributed by atoms with van der Waals surface area (Å²) in [6.45, 7) is -0.199. The minimum atomic E-state index is -1.01. The van der Waals surface area contributed by atoms with Gasteiger partial charge in [0, 0.05) is 24.3 Å². The molecular formula is C12H16N4O4. The zero-order valence-corrected chi connectivity index (χ0v) is 10.7. The number of carbonyl (C=O) groups is 3. The molecule has 0 aliphatic carbocycles. The van der Waals surface area contributed by atoms with Gasteiger partial charge < -0.3 is 10.8 Å². The van der Waals surface area contributed by atoms with E-state index in [0.29, 0.717) is 10.8 Å². The monoisotopic (exact) mass is 280 g/mol. The number of rotatable bonds is 5. The van der Waals surface area contributed by atoms with Gasteiger partial charge in [0.15, 0.2) is 0 Å². The summed E-state index contributed by atoms with van der Waals surface area (Å²) in [4.78, 5) is 34.5. The molecule has 8 nitrogen and oxygen atoms in total. The van der Waals surface area contributed by atoms with E-state index in [1.807, 2.05) is 5.43 Å².